The van der Waals surface area contributed by atoms with Crippen molar-refractivity contribution in [2.75, 3.05) is 18.4 Å². The van der Waals surface area contributed by atoms with Crippen LogP contribution in [0.5, 0.6) is 0 Å². The second kappa shape index (κ2) is 5.03. The molecule has 0 radical (unpaired) electrons. The van der Waals surface area contributed by atoms with Gasteiger partial charge in [0.1, 0.15) is 0 Å². The van der Waals surface area contributed by atoms with Crippen molar-refractivity contribution in [1.29, 1.82) is 0 Å². The lowest BCUT2D eigenvalue weighted by atomic mass is 9.93. The summed E-state index contributed by atoms with van der Waals surface area (Å²) >= 11 is 0. The average molecular weight is 260 g/mol. The number of carbonyl (C=O) groups excluding carboxylic acids is 2. The minimum absolute atomic E-state index is 0.00148. The van der Waals surface area contributed by atoms with E-state index in [0.29, 0.717) is 11.3 Å². The Kier molecular flexibility index (Phi) is 3.60. The number of hydrogen-bond donors (Lipinski definition) is 1. The molecule has 1 fully saturated rings. The van der Waals surface area contributed by atoms with Gasteiger partial charge in [0.05, 0.1) is 0 Å². The molecule has 1 aliphatic rings. The predicted molar refractivity (Wildman–Crippen MR) is 75.4 cm³/mol. The molecule has 0 atom stereocenters. The zero-order chi connectivity index (χ0) is 14.0. The smallest absolute Gasteiger partial charge is 0.321 e. The highest BCUT2D eigenvalue weighted by molar-refractivity contribution is 5.96. The van der Waals surface area contributed by atoms with Crippen molar-refractivity contribution in [3.63, 3.8) is 0 Å². The quantitative estimate of drug-likeness (QED) is 0.830. The zero-order valence-corrected chi connectivity index (χ0v) is 11.7. The van der Waals surface area contributed by atoms with Crippen LogP contribution in [-0.4, -0.2) is 29.8 Å². The van der Waals surface area contributed by atoms with Crippen LogP contribution in [0.1, 0.15) is 37.6 Å². The molecule has 1 aliphatic heterocycles. The van der Waals surface area contributed by atoms with Crippen molar-refractivity contribution in [2.24, 2.45) is 5.41 Å². The van der Waals surface area contributed by atoms with Crippen LogP contribution >= 0.6 is 0 Å². The van der Waals surface area contributed by atoms with Crippen LogP contribution in [-0.2, 0) is 0 Å². The third-order valence-electron chi connectivity index (χ3n) is 3.48. The van der Waals surface area contributed by atoms with Crippen LogP contribution in [0.25, 0.3) is 0 Å². The third kappa shape index (κ3) is 3.34. The van der Waals surface area contributed by atoms with Crippen molar-refractivity contribution in [1.82, 2.24) is 4.90 Å². The molecule has 1 saturated heterocycles. The van der Waals surface area contributed by atoms with Gasteiger partial charge in [-0.3, -0.25) is 4.79 Å². The van der Waals surface area contributed by atoms with Gasteiger partial charge in [0, 0.05) is 24.3 Å². The number of benzene rings is 1. The van der Waals surface area contributed by atoms with Crippen LogP contribution in [0.15, 0.2) is 24.3 Å². The molecule has 1 N–H and O–H groups in total. The Labute approximate surface area is 113 Å². The molecule has 19 heavy (non-hydrogen) atoms. The molecule has 2 rings (SSSR count). The maximum atomic E-state index is 12.1. The number of carbonyl (C=O) groups is 2. The van der Waals surface area contributed by atoms with E-state index in [9.17, 15) is 9.59 Å². The fourth-order valence-corrected chi connectivity index (χ4v) is 2.30. The average Bonchev–Trinajstić information content (AvgIpc) is 2.70. The van der Waals surface area contributed by atoms with Gasteiger partial charge in [-0.1, -0.05) is 26.0 Å². The molecule has 2 amide bonds. The maximum Gasteiger partial charge on any atom is 0.321 e. The van der Waals surface area contributed by atoms with Crippen molar-refractivity contribution < 1.29 is 9.59 Å². The summed E-state index contributed by atoms with van der Waals surface area (Å²) < 4.78 is 0. The molecule has 0 spiro atoms. The van der Waals surface area contributed by atoms with E-state index in [1.165, 1.54) is 6.92 Å². The van der Waals surface area contributed by atoms with Gasteiger partial charge < -0.3 is 10.2 Å². The number of nitrogens with one attached hydrogen (secondary N) is 1. The molecule has 0 saturated carbocycles. The molecular formula is C15H20N2O2. The van der Waals surface area contributed by atoms with Crippen LogP contribution in [0.2, 0.25) is 0 Å². The first kappa shape index (κ1) is 13.6. The largest absolute Gasteiger partial charge is 0.324 e. The Morgan fingerprint density at radius 1 is 1.32 bits per heavy atom. The van der Waals surface area contributed by atoms with Crippen LogP contribution < -0.4 is 5.32 Å². The van der Waals surface area contributed by atoms with Gasteiger partial charge in [0.25, 0.3) is 0 Å². The van der Waals surface area contributed by atoms with E-state index in [4.69, 9.17) is 0 Å². The van der Waals surface area contributed by atoms with Crippen LogP contribution in [0.3, 0.4) is 0 Å². The van der Waals surface area contributed by atoms with Crippen LogP contribution in [0, 0.1) is 5.41 Å². The van der Waals surface area contributed by atoms with Gasteiger partial charge in [0.15, 0.2) is 5.78 Å². The molecule has 1 aromatic carbocycles. The molecular weight excluding hydrogens is 240 g/mol. The zero-order valence-electron chi connectivity index (χ0n) is 11.7. The molecule has 4 heteroatoms. The standard InChI is InChI=1S/C15H20N2O2/c1-11(18)12-5-4-6-13(9-12)16-14(19)17-8-7-15(2,3)10-17/h4-6,9H,7-8,10H2,1-3H3,(H,16,19). The molecule has 0 unspecified atom stereocenters. The fourth-order valence-electron chi connectivity index (χ4n) is 2.30. The number of ketones is 1. The highest BCUT2D eigenvalue weighted by Gasteiger charge is 2.31. The van der Waals surface area contributed by atoms with Gasteiger partial charge in [-0.25, -0.2) is 4.79 Å². The van der Waals surface area contributed by atoms with E-state index in [2.05, 4.69) is 19.2 Å². The Balaban J connectivity index is 2.03. The van der Waals surface area contributed by atoms with E-state index in [1.54, 1.807) is 24.3 Å². The lowest BCUT2D eigenvalue weighted by molar-refractivity contribution is 0.101. The molecule has 4 nitrogen and oxygen atoms in total. The number of nitrogens with zero attached hydrogens (tertiary/aromatic N) is 1. The predicted octanol–water partition coefficient (Wildman–Crippen LogP) is 3.15. The van der Waals surface area contributed by atoms with Crippen LogP contribution in [0.4, 0.5) is 10.5 Å². The van der Waals surface area contributed by atoms with Gasteiger partial charge in [-0.15, -0.1) is 0 Å². The van der Waals surface area contributed by atoms with E-state index in [0.717, 1.165) is 19.5 Å². The monoisotopic (exact) mass is 260 g/mol. The third-order valence-corrected chi connectivity index (χ3v) is 3.48. The summed E-state index contributed by atoms with van der Waals surface area (Å²) in [7, 11) is 0. The summed E-state index contributed by atoms with van der Waals surface area (Å²) in [5.41, 5.74) is 1.47. The first-order valence-corrected chi connectivity index (χ1v) is 6.54. The highest BCUT2D eigenvalue weighted by Crippen LogP contribution is 2.29. The number of urea groups is 1. The number of anilines is 1. The molecule has 102 valence electrons. The topological polar surface area (TPSA) is 49.4 Å². The number of hydrogen-bond acceptors (Lipinski definition) is 2. The van der Waals surface area contributed by atoms with Gasteiger partial charge >= 0.3 is 6.03 Å². The Morgan fingerprint density at radius 3 is 2.63 bits per heavy atom. The first-order chi connectivity index (χ1) is 8.87. The van der Waals surface area contributed by atoms with Crippen molar-refractivity contribution >= 4 is 17.5 Å². The highest BCUT2D eigenvalue weighted by atomic mass is 16.2. The number of Topliss-reactive ketones (excluding diaryl/α,β-unsaturated/α-hetero) is 1. The molecule has 0 aliphatic carbocycles. The molecule has 1 heterocycles. The van der Waals surface area contributed by atoms with E-state index in [1.807, 2.05) is 4.90 Å². The van der Waals surface area contributed by atoms with Gasteiger partial charge in [-0.2, -0.15) is 0 Å². The number of amides is 2. The second-order valence-corrected chi connectivity index (χ2v) is 5.90. The fraction of sp³-hybridized carbons (Fsp3) is 0.467. The van der Waals surface area contributed by atoms with Crippen molar-refractivity contribution in [3.8, 4) is 0 Å². The first-order valence-electron chi connectivity index (χ1n) is 6.54. The Morgan fingerprint density at radius 2 is 2.05 bits per heavy atom. The van der Waals surface area contributed by atoms with Gasteiger partial charge in [-0.05, 0) is 30.9 Å². The summed E-state index contributed by atoms with van der Waals surface area (Å²) in [6.45, 7) is 7.40. The van der Waals surface area contributed by atoms with Crippen molar-refractivity contribution in [2.45, 2.75) is 27.2 Å². The molecule has 0 bridgehead atoms. The minimum Gasteiger partial charge on any atom is -0.324 e. The number of likely N-dealkylation sites (tertiary alicyclic amines) is 1. The minimum atomic E-state index is -0.0914. The summed E-state index contributed by atoms with van der Waals surface area (Å²) in [6, 6.07) is 6.94. The SMILES string of the molecule is CC(=O)c1cccc(NC(=O)N2CCC(C)(C)C2)c1. The maximum absolute atomic E-state index is 12.1. The summed E-state index contributed by atoms with van der Waals surface area (Å²) in [5.74, 6) is -0.00148. The normalized spacial score (nSPS) is 17.3. The summed E-state index contributed by atoms with van der Waals surface area (Å²) in [4.78, 5) is 25.2. The number of rotatable bonds is 2. The Hall–Kier alpha value is -1.84. The molecule has 0 aromatic heterocycles. The second-order valence-electron chi connectivity index (χ2n) is 5.90. The van der Waals surface area contributed by atoms with E-state index >= 15 is 0 Å². The Bertz CT molecular complexity index is 509. The van der Waals surface area contributed by atoms with Gasteiger partial charge in [0.2, 0.25) is 0 Å². The summed E-state index contributed by atoms with van der Waals surface area (Å²) in [5, 5.41) is 2.85. The lowest BCUT2D eigenvalue weighted by Crippen LogP contribution is -2.34. The van der Waals surface area contributed by atoms with Crippen molar-refractivity contribution in [3.05, 3.63) is 29.8 Å². The molecule has 1 aromatic rings. The van der Waals surface area contributed by atoms with E-state index < -0.39 is 0 Å². The summed E-state index contributed by atoms with van der Waals surface area (Å²) in [6.07, 6.45) is 1.02. The van der Waals surface area contributed by atoms with E-state index in [-0.39, 0.29) is 17.2 Å². The lowest BCUT2D eigenvalue weighted by Gasteiger charge is -2.20.